The van der Waals surface area contributed by atoms with E-state index in [-0.39, 0.29) is 18.6 Å². The molecule has 1 aromatic carbocycles. The van der Waals surface area contributed by atoms with Crippen molar-refractivity contribution in [2.24, 2.45) is 5.73 Å². The minimum atomic E-state index is -0.467. The van der Waals surface area contributed by atoms with Crippen molar-refractivity contribution in [1.29, 1.82) is 0 Å². The van der Waals surface area contributed by atoms with Crippen LogP contribution in [0.2, 0.25) is 5.02 Å². The Morgan fingerprint density at radius 1 is 1.38 bits per heavy atom. The number of aromatic amines is 1. The number of aromatic nitrogens is 2. The summed E-state index contributed by atoms with van der Waals surface area (Å²) >= 11 is 5.77. The van der Waals surface area contributed by atoms with Gasteiger partial charge < -0.3 is 10.7 Å². The summed E-state index contributed by atoms with van der Waals surface area (Å²) in [6.45, 7) is 0.439. The maximum absolute atomic E-state index is 11.9. The molecule has 5 nitrogen and oxygen atoms in total. The van der Waals surface area contributed by atoms with Crippen LogP contribution in [0.5, 0.6) is 0 Å². The first-order valence-corrected chi connectivity index (χ1v) is 5.13. The molecular weight excluding hydrogens is 230 g/mol. The van der Waals surface area contributed by atoms with E-state index in [0.29, 0.717) is 15.9 Å². The maximum atomic E-state index is 11.9. The summed E-state index contributed by atoms with van der Waals surface area (Å²) in [7, 11) is 0. The third-order valence-electron chi connectivity index (χ3n) is 2.30. The molecule has 2 aromatic rings. The largest absolute Gasteiger partial charge is 0.329 e. The van der Waals surface area contributed by atoms with Crippen molar-refractivity contribution in [3.63, 3.8) is 0 Å². The number of nitrogens with one attached hydrogen (secondary N) is 1. The third kappa shape index (κ3) is 1.75. The van der Waals surface area contributed by atoms with Gasteiger partial charge in [-0.25, -0.2) is 4.79 Å². The van der Waals surface area contributed by atoms with Gasteiger partial charge in [-0.2, -0.15) is 0 Å². The van der Waals surface area contributed by atoms with Crippen LogP contribution in [-0.2, 0) is 6.54 Å². The fourth-order valence-electron chi connectivity index (χ4n) is 1.56. The van der Waals surface area contributed by atoms with E-state index in [1.54, 1.807) is 18.2 Å². The Labute approximate surface area is 95.5 Å². The molecule has 0 atom stereocenters. The van der Waals surface area contributed by atoms with E-state index in [1.165, 1.54) is 0 Å². The van der Waals surface area contributed by atoms with Gasteiger partial charge in [0.05, 0.1) is 10.9 Å². The van der Waals surface area contributed by atoms with Crippen LogP contribution >= 0.6 is 11.6 Å². The number of rotatable bonds is 2. The number of hydrogen-bond acceptors (Lipinski definition) is 3. The van der Waals surface area contributed by atoms with E-state index in [2.05, 4.69) is 4.98 Å². The standard InChI is InChI=1S/C10H10ClN3O2/c11-6-1-2-7-8(5-6)13-10(16)14(4-3-12)9(7)15/h1-2,5H,3-4,12H2,(H,13,16). The van der Waals surface area contributed by atoms with E-state index in [9.17, 15) is 9.59 Å². The van der Waals surface area contributed by atoms with Crippen LogP contribution < -0.4 is 17.0 Å². The van der Waals surface area contributed by atoms with E-state index in [4.69, 9.17) is 17.3 Å². The predicted octanol–water partition coefficient (Wildman–Crippen LogP) is 0.302. The van der Waals surface area contributed by atoms with Gasteiger partial charge in [-0.1, -0.05) is 11.6 Å². The van der Waals surface area contributed by atoms with Gasteiger partial charge in [0.2, 0.25) is 0 Å². The van der Waals surface area contributed by atoms with Gasteiger partial charge in [-0.15, -0.1) is 0 Å². The molecule has 0 radical (unpaired) electrons. The van der Waals surface area contributed by atoms with Crippen LogP contribution in [0, 0.1) is 0 Å². The number of nitrogens with two attached hydrogens (primary N) is 1. The second kappa shape index (κ2) is 4.11. The van der Waals surface area contributed by atoms with Crippen molar-refractivity contribution in [3.05, 3.63) is 44.1 Å². The SMILES string of the molecule is NCCn1c(=O)[nH]c2cc(Cl)ccc2c1=O. The Bertz CT molecular complexity index is 645. The minimum absolute atomic E-state index is 0.201. The zero-order chi connectivity index (χ0) is 11.7. The van der Waals surface area contributed by atoms with Crippen molar-refractivity contribution >= 4 is 22.5 Å². The lowest BCUT2D eigenvalue weighted by atomic mass is 10.2. The van der Waals surface area contributed by atoms with Gasteiger partial charge in [0.15, 0.2) is 0 Å². The first kappa shape index (κ1) is 10.9. The summed E-state index contributed by atoms with van der Waals surface area (Å²) in [5, 5.41) is 0.900. The lowest BCUT2D eigenvalue weighted by Crippen LogP contribution is -2.37. The smallest absolute Gasteiger partial charge is 0.328 e. The second-order valence-electron chi connectivity index (χ2n) is 3.37. The minimum Gasteiger partial charge on any atom is -0.329 e. The highest BCUT2D eigenvalue weighted by atomic mass is 35.5. The molecule has 0 saturated heterocycles. The normalized spacial score (nSPS) is 10.9. The van der Waals surface area contributed by atoms with Crippen molar-refractivity contribution in [2.75, 3.05) is 6.54 Å². The quantitative estimate of drug-likeness (QED) is 0.791. The van der Waals surface area contributed by atoms with Crippen LogP contribution in [-0.4, -0.2) is 16.1 Å². The molecule has 1 heterocycles. The van der Waals surface area contributed by atoms with Crippen molar-refractivity contribution in [1.82, 2.24) is 9.55 Å². The maximum Gasteiger partial charge on any atom is 0.328 e. The first-order chi connectivity index (χ1) is 7.63. The molecule has 0 spiro atoms. The Hall–Kier alpha value is -1.59. The average Bonchev–Trinajstić information content (AvgIpc) is 2.23. The number of hydrogen-bond donors (Lipinski definition) is 2. The van der Waals surface area contributed by atoms with Gasteiger partial charge in [0.1, 0.15) is 0 Å². The number of nitrogens with zero attached hydrogens (tertiary/aromatic N) is 1. The molecule has 2 rings (SSSR count). The van der Waals surface area contributed by atoms with Gasteiger partial charge in [0.25, 0.3) is 5.56 Å². The highest BCUT2D eigenvalue weighted by Gasteiger charge is 2.06. The highest BCUT2D eigenvalue weighted by molar-refractivity contribution is 6.31. The molecule has 16 heavy (non-hydrogen) atoms. The van der Waals surface area contributed by atoms with Crippen LogP contribution in [0.4, 0.5) is 0 Å². The molecular formula is C10H10ClN3O2. The average molecular weight is 240 g/mol. The number of halogens is 1. The highest BCUT2D eigenvalue weighted by Crippen LogP contribution is 2.13. The Balaban J connectivity index is 2.84. The van der Waals surface area contributed by atoms with Crippen molar-refractivity contribution in [3.8, 4) is 0 Å². The Kier molecular flexibility index (Phi) is 2.80. The summed E-state index contributed by atoms with van der Waals surface area (Å²) in [5.41, 5.74) is 4.96. The summed E-state index contributed by atoms with van der Waals surface area (Å²) in [5.74, 6) is 0. The zero-order valence-corrected chi connectivity index (χ0v) is 9.12. The van der Waals surface area contributed by atoms with Crippen LogP contribution in [0.15, 0.2) is 27.8 Å². The fourth-order valence-corrected chi connectivity index (χ4v) is 1.73. The van der Waals surface area contributed by atoms with Gasteiger partial charge in [-0.05, 0) is 18.2 Å². The molecule has 1 aromatic heterocycles. The molecule has 0 unspecified atom stereocenters. The topological polar surface area (TPSA) is 80.9 Å². The summed E-state index contributed by atoms with van der Waals surface area (Å²) in [6, 6.07) is 4.74. The van der Waals surface area contributed by atoms with E-state index in [1.807, 2.05) is 0 Å². The van der Waals surface area contributed by atoms with Crippen molar-refractivity contribution in [2.45, 2.75) is 6.54 Å². The second-order valence-corrected chi connectivity index (χ2v) is 3.80. The third-order valence-corrected chi connectivity index (χ3v) is 2.53. The molecule has 0 aliphatic carbocycles. The number of benzene rings is 1. The van der Waals surface area contributed by atoms with Crippen molar-refractivity contribution < 1.29 is 0 Å². The Morgan fingerprint density at radius 3 is 2.81 bits per heavy atom. The van der Waals surface area contributed by atoms with Gasteiger partial charge in [-0.3, -0.25) is 9.36 Å². The predicted molar refractivity (Wildman–Crippen MR) is 62.9 cm³/mol. The summed E-state index contributed by atoms with van der Waals surface area (Å²) < 4.78 is 1.08. The fraction of sp³-hybridized carbons (Fsp3) is 0.200. The van der Waals surface area contributed by atoms with Crippen LogP contribution in [0.1, 0.15) is 0 Å². The van der Waals surface area contributed by atoms with E-state index >= 15 is 0 Å². The molecule has 0 saturated carbocycles. The molecule has 0 fully saturated rings. The molecule has 6 heteroatoms. The number of H-pyrrole nitrogens is 1. The van der Waals surface area contributed by atoms with E-state index < -0.39 is 5.69 Å². The molecule has 0 bridgehead atoms. The lowest BCUT2D eigenvalue weighted by Gasteiger charge is -2.04. The number of fused-ring (bicyclic) bond motifs is 1. The monoisotopic (exact) mass is 239 g/mol. The molecule has 0 aliphatic rings. The molecule has 0 amide bonds. The van der Waals surface area contributed by atoms with Crippen LogP contribution in [0.25, 0.3) is 10.9 Å². The van der Waals surface area contributed by atoms with E-state index in [0.717, 1.165) is 4.57 Å². The molecule has 0 aliphatic heterocycles. The summed E-state index contributed by atoms with van der Waals surface area (Å²) in [6.07, 6.45) is 0. The molecule has 3 N–H and O–H groups in total. The zero-order valence-electron chi connectivity index (χ0n) is 8.37. The van der Waals surface area contributed by atoms with Crippen LogP contribution in [0.3, 0.4) is 0 Å². The van der Waals surface area contributed by atoms with Gasteiger partial charge >= 0.3 is 5.69 Å². The lowest BCUT2D eigenvalue weighted by molar-refractivity contribution is 0.646. The Morgan fingerprint density at radius 2 is 2.12 bits per heavy atom. The first-order valence-electron chi connectivity index (χ1n) is 4.76. The van der Waals surface area contributed by atoms with Gasteiger partial charge in [0, 0.05) is 18.1 Å². The molecule has 84 valence electrons. The summed E-state index contributed by atoms with van der Waals surface area (Å²) in [4.78, 5) is 26.1.